The van der Waals surface area contributed by atoms with E-state index in [1.807, 2.05) is 30.3 Å². The van der Waals surface area contributed by atoms with Crippen molar-refractivity contribution in [2.45, 2.75) is 70.8 Å². The Labute approximate surface area is 172 Å². The fourth-order valence-electron chi connectivity index (χ4n) is 3.90. The van der Waals surface area contributed by atoms with E-state index in [9.17, 15) is 14.7 Å². The highest BCUT2D eigenvalue weighted by molar-refractivity contribution is 6.01. The number of ketones is 1. The van der Waals surface area contributed by atoms with E-state index < -0.39 is 12.1 Å². The number of ether oxygens (including phenoxy) is 1. The SMILES string of the molecule is CCCCCCc1cc2c(cc1OC(CCc1ccccc1)C(=O)O)C(=O)CC2. The Morgan fingerprint density at radius 3 is 2.59 bits per heavy atom. The molecule has 0 saturated carbocycles. The van der Waals surface area contributed by atoms with Crippen molar-refractivity contribution < 1.29 is 19.4 Å². The lowest BCUT2D eigenvalue weighted by Gasteiger charge is -2.19. The molecular formula is C25H30O4. The lowest BCUT2D eigenvalue weighted by Crippen LogP contribution is -2.28. The molecule has 0 saturated heterocycles. The molecule has 1 unspecified atom stereocenters. The Bertz CT molecular complexity index is 841. The summed E-state index contributed by atoms with van der Waals surface area (Å²) in [5.41, 5.74) is 3.89. The van der Waals surface area contributed by atoms with Crippen LogP contribution in [0.5, 0.6) is 5.75 Å². The van der Waals surface area contributed by atoms with Gasteiger partial charge in [0, 0.05) is 12.0 Å². The minimum atomic E-state index is -0.968. The van der Waals surface area contributed by atoms with Gasteiger partial charge >= 0.3 is 5.97 Å². The summed E-state index contributed by atoms with van der Waals surface area (Å²) in [6, 6.07) is 13.7. The van der Waals surface area contributed by atoms with Crippen molar-refractivity contribution in [1.82, 2.24) is 0 Å². The molecule has 0 aliphatic heterocycles. The minimum absolute atomic E-state index is 0.124. The van der Waals surface area contributed by atoms with Gasteiger partial charge in [0.15, 0.2) is 11.9 Å². The van der Waals surface area contributed by atoms with Crippen LogP contribution in [0.1, 0.15) is 72.5 Å². The quantitative estimate of drug-likeness (QED) is 0.518. The van der Waals surface area contributed by atoms with Gasteiger partial charge in [0.25, 0.3) is 0 Å². The van der Waals surface area contributed by atoms with Gasteiger partial charge in [-0.2, -0.15) is 0 Å². The standard InChI is InChI=1S/C25H30O4/c1-2-3-4-8-11-20-16-19-13-14-22(26)21(19)17-24(20)29-23(25(27)28)15-12-18-9-6-5-7-10-18/h5-7,9-10,16-17,23H,2-4,8,11-15H2,1H3,(H,27,28). The highest BCUT2D eigenvalue weighted by Crippen LogP contribution is 2.32. The first-order valence-electron chi connectivity index (χ1n) is 10.7. The van der Waals surface area contributed by atoms with Crippen LogP contribution in [-0.2, 0) is 24.1 Å². The third-order valence-electron chi connectivity index (χ3n) is 5.59. The number of rotatable bonds is 11. The summed E-state index contributed by atoms with van der Waals surface area (Å²) in [7, 11) is 0. The monoisotopic (exact) mass is 394 g/mol. The van der Waals surface area contributed by atoms with Gasteiger partial charge in [-0.05, 0) is 54.9 Å². The summed E-state index contributed by atoms with van der Waals surface area (Å²) in [6.45, 7) is 2.18. The van der Waals surface area contributed by atoms with E-state index in [0.29, 0.717) is 30.6 Å². The van der Waals surface area contributed by atoms with Crippen LogP contribution in [0.15, 0.2) is 42.5 Å². The van der Waals surface area contributed by atoms with E-state index >= 15 is 0 Å². The third-order valence-corrected chi connectivity index (χ3v) is 5.59. The molecule has 2 aromatic rings. The van der Waals surface area contributed by atoms with E-state index in [2.05, 4.69) is 13.0 Å². The molecule has 29 heavy (non-hydrogen) atoms. The van der Waals surface area contributed by atoms with Gasteiger partial charge in [-0.3, -0.25) is 4.79 Å². The Morgan fingerprint density at radius 2 is 1.86 bits per heavy atom. The van der Waals surface area contributed by atoms with E-state index in [0.717, 1.165) is 42.4 Å². The Morgan fingerprint density at radius 1 is 1.07 bits per heavy atom. The summed E-state index contributed by atoms with van der Waals surface area (Å²) in [6.07, 6.45) is 6.78. The molecule has 4 heteroatoms. The fourth-order valence-corrected chi connectivity index (χ4v) is 3.90. The minimum Gasteiger partial charge on any atom is -0.479 e. The van der Waals surface area contributed by atoms with Crippen LogP contribution in [0, 0.1) is 0 Å². The number of hydrogen-bond donors (Lipinski definition) is 1. The van der Waals surface area contributed by atoms with Crippen LogP contribution in [0.3, 0.4) is 0 Å². The first-order valence-corrected chi connectivity index (χ1v) is 10.7. The normalized spacial score (nSPS) is 13.9. The van der Waals surface area contributed by atoms with Crippen LogP contribution >= 0.6 is 0 Å². The molecular weight excluding hydrogens is 364 g/mol. The predicted molar refractivity (Wildman–Crippen MR) is 114 cm³/mol. The summed E-state index contributed by atoms with van der Waals surface area (Å²) in [5.74, 6) is -0.279. The van der Waals surface area contributed by atoms with E-state index in [1.165, 1.54) is 12.8 Å². The Hall–Kier alpha value is -2.62. The summed E-state index contributed by atoms with van der Waals surface area (Å²) < 4.78 is 6.01. The molecule has 0 fully saturated rings. The van der Waals surface area contributed by atoms with Crippen molar-refractivity contribution >= 4 is 11.8 Å². The van der Waals surface area contributed by atoms with Crippen LogP contribution in [0.25, 0.3) is 0 Å². The number of carbonyl (C=O) groups is 2. The summed E-state index contributed by atoms with van der Waals surface area (Å²) in [5, 5.41) is 9.70. The smallest absolute Gasteiger partial charge is 0.344 e. The second-order valence-corrected chi connectivity index (χ2v) is 7.82. The number of unbranched alkanes of at least 4 members (excludes halogenated alkanes) is 3. The number of carbonyl (C=O) groups excluding carboxylic acids is 1. The van der Waals surface area contributed by atoms with Gasteiger partial charge in [-0.1, -0.05) is 62.6 Å². The highest BCUT2D eigenvalue weighted by atomic mass is 16.5. The van der Waals surface area contributed by atoms with Gasteiger partial charge in [0.05, 0.1) is 0 Å². The molecule has 1 aliphatic rings. The average molecular weight is 395 g/mol. The second-order valence-electron chi connectivity index (χ2n) is 7.82. The number of fused-ring (bicyclic) bond motifs is 1. The van der Waals surface area contributed by atoms with Gasteiger partial charge in [0.2, 0.25) is 0 Å². The van der Waals surface area contributed by atoms with Crippen molar-refractivity contribution in [2.75, 3.05) is 0 Å². The molecule has 0 radical (unpaired) electrons. The second kappa shape index (κ2) is 10.2. The number of carboxylic acids is 1. The molecule has 0 heterocycles. The molecule has 0 spiro atoms. The average Bonchev–Trinajstić information content (AvgIpc) is 3.08. The zero-order valence-electron chi connectivity index (χ0n) is 17.2. The van der Waals surface area contributed by atoms with Crippen molar-refractivity contribution in [3.05, 3.63) is 64.7 Å². The first kappa shape index (κ1) is 21.1. The molecule has 2 aromatic carbocycles. The van der Waals surface area contributed by atoms with Crippen molar-refractivity contribution in [3.8, 4) is 5.75 Å². The first-order chi connectivity index (χ1) is 14.1. The number of carboxylic acid groups (broad SMARTS) is 1. The molecule has 1 aliphatic carbocycles. The van der Waals surface area contributed by atoms with Gasteiger partial charge in [0.1, 0.15) is 5.75 Å². The molecule has 3 rings (SSSR count). The summed E-state index contributed by atoms with van der Waals surface area (Å²) >= 11 is 0. The Kier molecular flexibility index (Phi) is 7.45. The molecule has 0 bridgehead atoms. The van der Waals surface area contributed by atoms with Crippen LogP contribution in [0.4, 0.5) is 0 Å². The fraction of sp³-hybridized carbons (Fsp3) is 0.440. The van der Waals surface area contributed by atoms with Crippen molar-refractivity contribution in [1.29, 1.82) is 0 Å². The molecule has 4 nitrogen and oxygen atoms in total. The molecule has 0 amide bonds. The lowest BCUT2D eigenvalue weighted by molar-refractivity contribution is -0.145. The van der Waals surface area contributed by atoms with Gasteiger partial charge < -0.3 is 9.84 Å². The number of Topliss-reactive ketones (excluding diaryl/α,β-unsaturated/α-hetero) is 1. The number of aryl methyl sites for hydroxylation is 3. The van der Waals surface area contributed by atoms with Crippen LogP contribution < -0.4 is 4.74 Å². The van der Waals surface area contributed by atoms with Crippen LogP contribution in [0.2, 0.25) is 0 Å². The highest BCUT2D eigenvalue weighted by Gasteiger charge is 2.25. The molecule has 0 aromatic heterocycles. The maximum atomic E-state index is 12.2. The zero-order valence-corrected chi connectivity index (χ0v) is 17.2. The van der Waals surface area contributed by atoms with Crippen molar-refractivity contribution in [2.24, 2.45) is 0 Å². The lowest BCUT2D eigenvalue weighted by atomic mass is 9.99. The van der Waals surface area contributed by atoms with Crippen LogP contribution in [-0.4, -0.2) is 23.0 Å². The predicted octanol–water partition coefficient (Wildman–Crippen LogP) is 5.40. The molecule has 1 atom stereocenters. The number of hydrogen-bond acceptors (Lipinski definition) is 3. The maximum absolute atomic E-state index is 12.2. The summed E-state index contributed by atoms with van der Waals surface area (Å²) in [4.78, 5) is 24.0. The zero-order chi connectivity index (χ0) is 20.6. The van der Waals surface area contributed by atoms with E-state index in [1.54, 1.807) is 6.07 Å². The largest absolute Gasteiger partial charge is 0.479 e. The van der Waals surface area contributed by atoms with Gasteiger partial charge in [-0.15, -0.1) is 0 Å². The van der Waals surface area contributed by atoms with Gasteiger partial charge in [-0.25, -0.2) is 4.79 Å². The maximum Gasteiger partial charge on any atom is 0.344 e. The number of aliphatic carboxylic acids is 1. The Balaban J connectivity index is 1.77. The van der Waals surface area contributed by atoms with E-state index in [-0.39, 0.29) is 5.78 Å². The van der Waals surface area contributed by atoms with Crippen molar-refractivity contribution in [3.63, 3.8) is 0 Å². The molecule has 1 N–H and O–H groups in total. The topological polar surface area (TPSA) is 63.6 Å². The number of benzene rings is 2. The molecule has 154 valence electrons. The van der Waals surface area contributed by atoms with E-state index in [4.69, 9.17) is 4.74 Å². The third kappa shape index (κ3) is 5.69.